The number of hydrogen-bond acceptors (Lipinski definition) is 2. The van der Waals surface area contributed by atoms with Crippen molar-refractivity contribution in [2.24, 2.45) is 11.8 Å². The molecule has 1 aliphatic rings. The zero-order valence-corrected chi connectivity index (χ0v) is 10.6. The van der Waals surface area contributed by atoms with Crippen LogP contribution < -0.4 is 5.32 Å². The average Bonchev–Trinajstić information content (AvgIpc) is 2.32. The maximum Gasteiger partial charge on any atom is 0.165 e. The van der Waals surface area contributed by atoms with E-state index in [2.05, 4.69) is 24.1 Å². The Morgan fingerprint density at radius 2 is 2.12 bits per heavy atom. The Balaban J connectivity index is 2.08. The van der Waals surface area contributed by atoms with Crippen molar-refractivity contribution in [2.45, 2.75) is 45.6 Å². The average molecular weight is 236 g/mol. The van der Waals surface area contributed by atoms with Crippen LogP contribution in [0.15, 0.2) is 18.3 Å². The van der Waals surface area contributed by atoms with Gasteiger partial charge in [-0.25, -0.2) is 9.37 Å². The fourth-order valence-electron chi connectivity index (χ4n) is 2.80. The largest absolute Gasteiger partial charge is 0.365 e. The number of rotatable bonds is 3. The number of anilines is 1. The highest BCUT2D eigenvalue weighted by Gasteiger charge is 2.28. The lowest BCUT2D eigenvalue weighted by atomic mass is 9.78. The van der Waals surface area contributed by atoms with Crippen LogP contribution in [0.2, 0.25) is 0 Å². The zero-order valence-electron chi connectivity index (χ0n) is 10.6. The van der Waals surface area contributed by atoms with E-state index in [0.717, 1.165) is 6.42 Å². The zero-order chi connectivity index (χ0) is 12.3. The van der Waals surface area contributed by atoms with Gasteiger partial charge >= 0.3 is 0 Å². The van der Waals surface area contributed by atoms with E-state index < -0.39 is 0 Å². The van der Waals surface area contributed by atoms with Gasteiger partial charge in [-0.05, 0) is 36.8 Å². The van der Waals surface area contributed by atoms with Crippen molar-refractivity contribution in [2.75, 3.05) is 5.32 Å². The number of aromatic nitrogens is 1. The molecule has 1 aromatic heterocycles. The summed E-state index contributed by atoms with van der Waals surface area (Å²) in [6.45, 7) is 4.50. The summed E-state index contributed by atoms with van der Waals surface area (Å²) in [6.07, 6.45) is 6.53. The van der Waals surface area contributed by atoms with Gasteiger partial charge in [-0.3, -0.25) is 0 Å². The van der Waals surface area contributed by atoms with Gasteiger partial charge in [-0.2, -0.15) is 0 Å². The topological polar surface area (TPSA) is 24.9 Å². The van der Waals surface area contributed by atoms with Crippen molar-refractivity contribution in [1.82, 2.24) is 4.98 Å². The van der Waals surface area contributed by atoms with E-state index >= 15 is 0 Å². The lowest BCUT2D eigenvalue weighted by Gasteiger charge is -2.35. The molecule has 2 rings (SSSR count). The summed E-state index contributed by atoms with van der Waals surface area (Å²) in [5, 5.41) is 3.29. The first-order valence-electron chi connectivity index (χ1n) is 6.55. The second kappa shape index (κ2) is 5.48. The number of halogens is 1. The Kier molecular flexibility index (Phi) is 3.97. The van der Waals surface area contributed by atoms with Gasteiger partial charge in [0.05, 0.1) is 0 Å². The van der Waals surface area contributed by atoms with E-state index in [1.165, 1.54) is 25.3 Å². The first-order valence-corrected chi connectivity index (χ1v) is 6.55. The second-order valence-corrected chi connectivity index (χ2v) is 5.28. The van der Waals surface area contributed by atoms with Gasteiger partial charge in [0.2, 0.25) is 0 Å². The van der Waals surface area contributed by atoms with E-state index in [0.29, 0.717) is 23.7 Å². The molecule has 0 saturated heterocycles. The molecule has 1 fully saturated rings. The van der Waals surface area contributed by atoms with Crippen LogP contribution in [0.5, 0.6) is 0 Å². The molecule has 2 unspecified atom stereocenters. The van der Waals surface area contributed by atoms with E-state index in [1.54, 1.807) is 12.3 Å². The SMILES string of the molecule is CC(C)C1CCCCC1Nc1ncccc1F. The molecule has 0 amide bonds. The van der Waals surface area contributed by atoms with Crippen molar-refractivity contribution >= 4 is 5.82 Å². The Bertz CT molecular complexity index is 365. The molecule has 17 heavy (non-hydrogen) atoms. The van der Waals surface area contributed by atoms with E-state index in [9.17, 15) is 4.39 Å². The van der Waals surface area contributed by atoms with Crippen LogP contribution in [0.1, 0.15) is 39.5 Å². The Morgan fingerprint density at radius 3 is 2.82 bits per heavy atom. The van der Waals surface area contributed by atoms with Crippen LogP contribution in [-0.4, -0.2) is 11.0 Å². The first-order chi connectivity index (χ1) is 8.18. The molecule has 2 atom stereocenters. The molecule has 1 aromatic rings. The third-order valence-corrected chi connectivity index (χ3v) is 3.76. The van der Waals surface area contributed by atoms with E-state index in [4.69, 9.17) is 0 Å². The molecular weight excluding hydrogens is 215 g/mol. The molecule has 1 heterocycles. The van der Waals surface area contributed by atoms with Gasteiger partial charge in [0.25, 0.3) is 0 Å². The third-order valence-electron chi connectivity index (χ3n) is 3.76. The van der Waals surface area contributed by atoms with Gasteiger partial charge in [0, 0.05) is 12.2 Å². The molecule has 0 spiro atoms. The maximum absolute atomic E-state index is 13.5. The van der Waals surface area contributed by atoms with Crippen molar-refractivity contribution in [3.05, 3.63) is 24.1 Å². The minimum absolute atomic E-state index is 0.249. The highest BCUT2D eigenvalue weighted by Crippen LogP contribution is 2.32. The summed E-state index contributed by atoms with van der Waals surface area (Å²) in [6, 6.07) is 3.46. The fourth-order valence-corrected chi connectivity index (χ4v) is 2.80. The minimum atomic E-state index is -0.249. The minimum Gasteiger partial charge on any atom is -0.365 e. The molecule has 1 aliphatic carbocycles. The maximum atomic E-state index is 13.5. The van der Waals surface area contributed by atoms with Crippen molar-refractivity contribution in [3.63, 3.8) is 0 Å². The van der Waals surface area contributed by atoms with Gasteiger partial charge < -0.3 is 5.32 Å². The van der Waals surface area contributed by atoms with Crippen molar-refractivity contribution < 1.29 is 4.39 Å². The molecule has 3 heteroatoms. The lowest BCUT2D eigenvalue weighted by molar-refractivity contribution is 0.253. The summed E-state index contributed by atoms with van der Waals surface area (Å²) in [7, 11) is 0. The van der Waals surface area contributed by atoms with Crippen LogP contribution in [0, 0.1) is 17.7 Å². The quantitative estimate of drug-likeness (QED) is 0.862. The molecule has 1 saturated carbocycles. The van der Waals surface area contributed by atoms with Gasteiger partial charge in [0.15, 0.2) is 11.6 Å². The predicted octanol–water partition coefficient (Wildman–Crippen LogP) is 3.85. The Labute approximate surface area is 103 Å². The van der Waals surface area contributed by atoms with Crippen LogP contribution >= 0.6 is 0 Å². The normalized spacial score (nSPS) is 24.9. The standard InChI is InChI=1S/C14H21FN2/c1-10(2)11-6-3-4-8-13(11)17-14-12(15)7-5-9-16-14/h5,7,9-11,13H,3-4,6,8H2,1-2H3,(H,16,17). The molecular formula is C14H21FN2. The second-order valence-electron chi connectivity index (χ2n) is 5.28. The number of hydrogen-bond donors (Lipinski definition) is 1. The Morgan fingerprint density at radius 1 is 1.35 bits per heavy atom. The highest BCUT2D eigenvalue weighted by molar-refractivity contribution is 5.37. The smallest absolute Gasteiger partial charge is 0.165 e. The first kappa shape index (κ1) is 12.3. The van der Waals surface area contributed by atoms with Crippen LogP contribution in [0.25, 0.3) is 0 Å². The number of nitrogens with zero attached hydrogens (tertiary/aromatic N) is 1. The third kappa shape index (κ3) is 2.96. The number of nitrogens with one attached hydrogen (secondary N) is 1. The predicted molar refractivity (Wildman–Crippen MR) is 68.4 cm³/mol. The molecule has 0 radical (unpaired) electrons. The fraction of sp³-hybridized carbons (Fsp3) is 0.643. The summed E-state index contributed by atoms with van der Waals surface area (Å²) >= 11 is 0. The summed E-state index contributed by atoms with van der Waals surface area (Å²) in [4.78, 5) is 4.08. The molecule has 0 bridgehead atoms. The molecule has 0 aliphatic heterocycles. The highest BCUT2D eigenvalue weighted by atomic mass is 19.1. The summed E-state index contributed by atoms with van der Waals surface area (Å²) in [5.74, 6) is 1.43. The van der Waals surface area contributed by atoms with E-state index in [1.807, 2.05) is 0 Å². The summed E-state index contributed by atoms with van der Waals surface area (Å²) in [5.41, 5.74) is 0. The van der Waals surface area contributed by atoms with Gasteiger partial charge in [-0.1, -0.05) is 26.7 Å². The molecule has 0 aromatic carbocycles. The number of pyridine rings is 1. The van der Waals surface area contributed by atoms with Gasteiger partial charge in [0.1, 0.15) is 0 Å². The van der Waals surface area contributed by atoms with Crippen molar-refractivity contribution in [3.8, 4) is 0 Å². The molecule has 94 valence electrons. The van der Waals surface area contributed by atoms with Crippen molar-refractivity contribution in [1.29, 1.82) is 0 Å². The molecule has 2 nitrogen and oxygen atoms in total. The Hall–Kier alpha value is -1.12. The monoisotopic (exact) mass is 236 g/mol. The summed E-state index contributed by atoms with van der Waals surface area (Å²) < 4.78 is 13.5. The van der Waals surface area contributed by atoms with E-state index in [-0.39, 0.29) is 5.82 Å². The van der Waals surface area contributed by atoms with Gasteiger partial charge in [-0.15, -0.1) is 0 Å². The molecule has 1 N–H and O–H groups in total. The van der Waals surface area contributed by atoms with Crippen LogP contribution in [0.4, 0.5) is 10.2 Å². The van der Waals surface area contributed by atoms with Crippen LogP contribution in [0.3, 0.4) is 0 Å². The van der Waals surface area contributed by atoms with Crippen LogP contribution in [-0.2, 0) is 0 Å². The lowest BCUT2D eigenvalue weighted by Crippen LogP contribution is -2.35.